The molecule has 6 rings (SSSR count). The lowest BCUT2D eigenvalue weighted by atomic mass is 9.77. The van der Waals surface area contributed by atoms with Crippen molar-refractivity contribution in [3.63, 3.8) is 0 Å². The third-order valence-corrected chi connectivity index (χ3v) is 7.97. The van der Waals surface area contributed by atoms with Gasteiger partial charge in [-0.2, -0.15) is 0 Å². The maximum absolute atomic E-state index is 13.9. The predicted octanol–water partition coefficient (Wildman–Crippen LogP) is 3.65. The zero-order valence-electron chi connectivity index (χ0n) is 21.9. The summed E-state index contributed by atoms with van der Waals surface area (Å²) in [6, 6.07) is 5.80. The molecule has 202 valence electrons. The maximum Gasteiger partial charge on any atom is 0.234 e. The van der Waals surface area contributed by atoms with Gasteiger partial charge < -0.3 is 13.9 Å². The second-order valence-electron chi connectivity index (χ2n) is 10.9. The maximum atomic E-state index is 13.9. The van der Waals surface area contributed by atoms with Crippen molar-refractivity contribution in [3.8, 4) is 11.5 Å². The fourth-order valence-corrected chi connectivity index (χ4v) is 5.73. The lowest BCUT2D eigenvalue weighted by Gasteiger charge is -2.46. The summed E-state index contributed by atoms with van der Waals surface area (Å²) in [5.41, 5.74) is 1.79. The number of imidazole rings is 1. The summed E-state index contributed by atoms with van der Waals surface area (Å²) < 4.78 is 23.1. The van der Waals surface area contributed by atoms with Crippen LogP contribution in [-0.2, 0) is 9.53 Å². The standard InChI is InChI=1S/C27H35FN8O2/c1-17(2)35-16-31-33-26(35)20-5-3-6-25(32-20)36-15-30-21-12-24(38-10-4-9-28)23(11-19(21)27(36)37)34-13-22(29-14-34)18-7-8-18/h3,5-6,13-14,16-19,21,23-24,30H,4,7-12,15H2,1-2H3. The van der Waals surface area contributed by atoms with Gasteiger partial charge in [-0.1, -0.05) is 6.07 Å². The molecule has 1 amide bonds. The largest absolute Gasteiger partial charge is 0.376 e. The molecule has 3 aliphatic rings. The number of nitrogens with one attached hydrogen (secondary N) is 1. The summed E-state index contributed by atoms with van der Waals surface area (Å²) in [5.74, 6) is 1.64. The van der Waals surface area contributed by atoms with Gasteiger partial charge in [0.2, 0.25) is 5.91 Å². The summed E-state index contributed by atoms with van der Waals surface area (Å²) in [4.78, 5) is 25.1. The van der Waals surface area contributed by atoms with Crippen LogP contribution in [0.1, 0.15) is 69.6 Å². The number of pyridine rings is 1. The van der Waals surface area contributed by atoms with E-state index in [-0.39, 0.29) is 36.1 Å². The summed E-state index contributed by atoms with van der Waals surface area (Å²) in [6.07, 6.45) is 9.62. The Balaban J connectivity index is 1.24. The molecule has 0 aromatic carbocycles. The molecular formula is C27H35FN8O2. The second-order valence-corrected chi connectivity index (χ2v) is 10.9. The topological polar surface area (TPSA) is 103 Å². The Morgan fingerprint density at radius 1 is 1.21 bits per heavy atom. The SMILES string of the molecule is CC(C)n1cnnc1-c1cccc(N2CNC3CC(OCCCF)C(n4cnc(C5CC5)c4)CC3C2=O)n1. The van der Waals surface area contributed by atoms with Crippen LogP contribution in [0.25, 0.3) is 11.5 Å². The number of amides is 1. The van der Waals surface area contributed by atoms with Gasteiger partial charge in [-0.3, -0.25) is 19.4 Å². The first-order valence-corrected chi connectivity index (χ1v) is 13.7. The van der Waals surface area contributed by atoms with E-state index in [2.05, 4.69) is 45.1 Å². The zero-order chi connectivity index (χ0) is 26.2. The molecule has 38 heavy (non-hydrogen) atoms. The summed E-state index contributed by atoms with van der Waals surface area (Å²) >= 11 is 0. The van der Waals surface area contributed by atoms with Crippen LogP contribution in [-0.4, -0.2) is 67.3 Å². The van der Waals surface area contributed by atoms with Crippen molar-refractivity contribution in [2.75, 3.05) is 24.9 Å². The number of fused-ring (bicyclic) bond motifs is 1. The number of carbonyl (C=O) groups is 1. The van der Waals surface area contributed by atoms with Crippen molar-refractivity contribution >= 4 is 11.7 Å². The molecule has 4 atom stereocenters. The Labute approximate surface area is 221 Å². The first kappa shape index (κ1) is 25.1. The highest BCUT2D eigenvalue weighted by atomic mass is 19.1. The Kier molecular flexibility index (Phi) is 6.96. The molecular weight excluding hydrogens is 487 g/mol. The van der Waals surface area contributed by atoms with Gasteiger partial charge in [-0.15, -0.1) is 10.2 Å². The van der Waals surface area contributed by atoms with Crippen LogP contribution >= 0.6 is 0 Å². The quantitative estimate of drug-likeness (QED) is 0.428. The number of anilines is 1. The molecule has 3 aromatic rings. The van der Waals surface area contributed by atoms with E-state index in [0.29, 0.717) is 55.8 Å². The van der Waals surface area contributed by atoms with Crippen LogP contribution < -0.4 is 10.2 Å². The summed E-state index contributed by atoms with van der Waals surface area (Å²) in [6.45, 7) is 4.47. The minimum Gasteiger partial charge on any atom is -0.376 e. The number of halogens is 1. The molecule has 1 saturated heterocycles. The highest BCUT2D eigenvalue weighted by Crippen LogP contribution is 2.42. The first-order valence-electron chi connectivity index (χ1n) is 13.7. The Bertz CT molecular complexity index is 1270. The molecule has 4 unspecified atom stereocenters. The molecule has 0 bridgehead atoms. The van der Waals surface area contributed by atoms with Crippen molar-refractivity contribution in [3.05, 3.63) is 42.7 Å². The van der Waals surface area contributed by atoms with Gasteiger partial charge in [0.25, 0.3) is 0 Å². The summed E-state index contributed by atoms with van der Waals surface area (Å²) in [5, 5.41) is 11.9. The van der Waals surface area contributed by atoms with E-state index in [9.17, 15) is 9.18 Å². The third kappa shape index (κ3) is 4.84. The lowest BCUT2D eigenvalue weighted by molar-refractivity contribution is -0.129. The van der Waals surface area contributed by atoms with Gasteiger partial charge in [-0.05, 0) is 58.1 Å². The van der Waals surface area contributed by atoms with Crippen molar-refractivity contribution in [1.29, 1.82) is 0 Å². The Morgan fingerprint density at radius 3 is 2.87 bits per heavy atom. The average Bonchev–Trinajstić information content (AvgIpc) is 3.44. The van der Waals surface area contributed by atoms with E-state index in [1.54, 1.807) is 11.2 Å². The van der Waals surface area contributed by atoms with Gasteiger partial charge >= 0.3 is 0 Å². The third-order valence-electron chi connectivity index (χ3n) is 7.97. The molecule has 4 heterocycles. The monoisotopic (exact) mass is 522 g/mol. The molecule has 2 saturated carbocycles. The van der Waals surface area contributed by atoms with E-state index in [1.165, 1.54) is 12.8 Å². The van der Waals surface area contributed by atoms with E-state index in [1.807, 2.05) is 29.1 Å². The fourth-order valence-electron chi connectivity index (χ4n) is 5.73. The van der Waals surface area contributed by atoms with Crippen molar-refractivity contribution in [2.45, 2.75) is 76.1 Å². The smallest absolute Gasteiger partial charge is 0.234 e. The molecule has 3 aromatic heterocycles. The lowest BCUT2D eigenvalue weighted by Crippen LogP contribution is -2.61. The zero-order valence-corrected chi connectivity index (χ0v) is 21.9. The van der Waals surface area contributed by atoms with Crippen LogP contribution in [0.4, 0.5) is 10.2 Å². The molecule has 0 spiro atoms. The number of carbonyl (C=O) groups excluding carboxylic acids is 1. The molecule has 0 radical (unpaired) electrons. The molecule has 1 N–H and O–H groups in total. The van der Waals surface area contributed by atoms with Crippen LogP contribution in [0, 0.1) is 5.92 Å². The minimum atomic E-state index is -0.397. The normalized spacial score (nSPS) is 25.7. The molecule has 11 heteroatoms. The average molecular weight is 523 g/mol. The van der Waals surface area contributed by atoms with E-state index < -0.39 is 6.67 Å². The number of alkyl halides is 1. The van der Waals surface area contributed by atoms with E-state index in [4.69, 9.17) is 9.72 Å². The number of ether oxygens (including phenoxy) is 1. The van der Waals surface area contributed by atoms with Crippen LogP contribution in [0.2, 0.25) is 0 Å². The van der Waals surface area contributed by atoms with E-state index >= 15 is 0 Å². The van der Waals surface area contributed by atoms with Crippen molar-refractivity contribution in [2.24, 2.45) is 5.92 Å². The number of nitrogens with zero attached hydrogens (tertiary/aromatic N) is 7. The van der Waals surface area contributed by atoms with Crippen LogP contribution in [0.15, 0.2) is 37.1 Å². The van der Waals surface area contributed by atoms with Gasteiger partial charge in [0.05, 0.1) is 43.4 Å². The van der Waals surface area contributed by atoms with Crippen molar-refractivity contribution in [1.82, 2.24) is 34.6 Å². The van der Waals surface area contributed by atoms with Crippen LogP contribution in [0.5, 0.6) is 0 Å². The van der Waals surface area contributed by atoms with Gasteiger partial charge in [0, 0.05) is 30.8 Å². The van der Waals surface area contributed by atoms with Crippen molar-refractivity contribution < 1.29 is 13.9 Å². The molecule has 1 aliphatic heterocycles. The predicted molar refractivity (Wildman–Crippen MR) is 139 cm³/mol. The Hall–Kier alpha value is -3.18. The Morgan fingerprint density at radius 2 is 2.08 bits per heavy atom. The van der Waals surface area contributed by atoms with Gasteiger partial charge in [0.15, 0.2) is 5.82 Å². The van der Waals surface area contributed by atoms with Crippen LogP contribution in [0.3, 0.4) is 0 Å². The van der Waals surface area contributed by atoms with E-state index in [0.717, 1.165) is 5.69 Å². The highest BCUT2D eigenvalue weighted by Gasteiger charge is 2.46. The fraction of sp³-hybridized carbons (Fsp3) is 0.593. The minimum absolute atomic E-state index is 0.0102. The number of rotatable bonds is 9. The highest BCUT2D eigenvalue weighted by molar-refractivity contribution is 5.95. The van der Waals surface area contributed by atoms with Gasteiger partial charge in [0.1, 0.15) is 17.8 Å². The molecule has 3 fully saturated rings. The second kappa shape index (κ2) is 10.5. The molecule has 10 nitrogen and oxygen atoms in total. The summed E-state index contributed by atoms with van der Waals surface area (Å²) in [7, 11) is 0. The first-order chi connectivity index (χ1) is 18.5. The molecule has 2 aliphatic carbocycles. The van der Waals surface area contributed by atoms with Gasteiger partial charge in [-0.25, -0.2) is 9.97 Å². The number of aromatic nitrogens is 6. The number of hydrogen-bond donors (Lipinski definition) is 1. The number of hydrogen-bond acceptors (Lipinski definition) is 7.